The summed E-state index contributed by atoms with van der Waals surface area (Å²) in [6, 6.07) is 8.23. The van der Waals surface area contributed by atoms with E-state index in [-0.39, 0.29) is 6.04 Å². The monoisotopic (exact) mass is 237 g/mol. The Balaban J connectivity index is 2.20. The Hall–Kier alpha value is -1.10. The highest BCUT2D eigenvalue weighted by atomic mass is 32.1. The van der Waals surface area contributed by atoms with E-state index in [4.69, 9.17) is 9.15 Å². The second-order valence-electron chi connectivity index (χ2n) is 3.47. The van der Waals surface area contributed by atoms with Crippen molar-refractivity contribution in [3.05, 3.63) is 46.0 Å². The molecular weight excluding hydrogens is 222 g/mol. The molecule has 0 saturated heterocycles. The van der Waals surface area contributed by atoms with E-state index in [2.05, 4.69) is 16.8 Å². The van der Waals surface area contributed by atoms with Gasteiger partial charge in [-0.05, 0) is 30.6 Å². The maximum atomic E-state index is 5.72. The Kier molecular flexibility index (Phi) is 3.77. The van der Waals surface area contributed by atoms with E-state index in [0.29, 0.717) is 6.61 Å². The minimum absolute atomic E-state index is 0.130. The fraction of sp³-hybridized carbons (Fsp3) is 0.333. The van der Waals surface area contributed by atoms with Gasteiger partial charge in [0.25, 0.3) is 0 Å². The Morgan fingerprint density at radius 2 is 2.31 bits per heavy atom. The fourth-order valence-corrected chi connectivity index (χ4v) is 2.49. The van der Waals surface area contributed by atoms with Crippen LogP contribution in [-0.4, -0.2) is 14.2 Å². The summed E-state index contributed by atoms with van der Waals surface area (Å²) in [6.45, 7) is 0.515. The zero-order chi connectivity index (χ0) is 11.4. The molecule has 0 aromatic carbocycles. The predicted octanol–water partition coefficient (Wildman–Crippen LogP) is 2.80. The summed E-state index contributed by atoms with van der Waals surface area (Å²) in [5, 5.41) is 5.32. The summed E-state index contributed by atoms with van der Waals surface area (Å²) in [6.07, 6.45) is 0. The summed E-state index contributed by atoms with van der Waals surface area (Å²) < 4.78 is 10.8. The van der Waals surface area contributed by atoms with Crippen LogP contribution in [0.2, 0.25) is 0 Å². The zero-order valence-electron chi connectivity index (χ0n) is 9.40. The van der Waals surface area contributed by atoms with Crippen molar-refractivity contribution in [3.8, 4) is 0 Å². The Bertz CT molecular complexity index is 422. The third kappa shape index (κ3) is 2.35. The Morgan fingerprint density at radius 1 is 1.44 bits per heavy atom. The van der Waals surface area contributed by atoms with Crippen molar-refractivity contribution in [1.29, 1.82) is 0 Å². The Labute approximate surface area is 99.0 Å². The molecule has 2 aromatic heterocycles. The van der Waals surface area contributed by atoms with Crippen molar-refractivity contribution in [1.82, 2.24) is 5.32 Å². The van der Waals surface area contributed by atoms with E-state index in [9.17, 15) is 0 Å². The SMILES string of the molecule is CNC(c1ccc(COC)o1)c1cccs1. The van der Waals surface area contributed by atoms with Crippen molar-refractivity contribution >= 4 is 11.3 Å². The van der Waals surface area contributed by atoms with Gasteiger partial charge in [0.15, 0.2) is 0 Å². The highest BCUT2D eigenvalue weighted by Crippen LogP contribution is 2.27. The molecule has 16 heavy (non-hydrogen) atoms. The van der Waals surface area contributed by atoms with Gasteiger partial charge in [0, 0.05) is 12.0 Å². The van der Waals surface area contributed by atoms with Crippen molar-refractivity contribution in [2.24, 2.45) is 0 Å². The number of ether oxygens (including phenoxy) is 1. The number of hydrogen-bond donors (Lipinski definition) is 1. The van der Waals surface area contributed by atoms with Crippen LogP contribution < -0.4 is 5.32 Å². The van der Waals surface area contributed by atoms with E-state index in [1.54, 1.807) is 18.4 Å². The highest BCUT2D eigenvalue weighted by molar-refractivity contribution is 7.10. The normalized spacial score (nSPS) is 12.9. The molecule has 0 radical (unpaired) electrons. The van der Waals surface area contributed by atoms with Gasteiger partial charge in [-0.3, -0.25) is 0 Å². The van der Waals surface area contributed by atoms with Crippen molar-refractivity contribution in [2.75, 3.05) is 14.2 Å². The van der Waals surface area contributed by atoms with Crippen LogP contribution in [0.4, 0.5) is 0 Å². The van der Waals surface area contributed by atoms with Crippen molar-refractivity contribution < 1.29 is 9.15 Å². The molecular formula is C12H15NO2S. The molecule has 0 bridgehead atoms. The van der Waals surface area contributed by atoms with E-state index in [0.717, 1.165) is 11.5 Å². The number of methoxy groups -OCH3 is 1. The van der Waals surface area contributed by atoms with Gasteiger partial charge in [-0.25, -0.2) is 0 Å². The molecule has 2 rings (SSSR count). The van der Waals surface area contributed by atoms with Crippen LogP contribution in [0, 0.1) is 0 Å². The van der Waals surface area contributed by atoms with E-state index in [1.165, 1.54) is 4.88 Å². The van der Waals surface area contributed by atoms with Crippen LogP contribution in [0.25, 0.3) is 0 Å². The second-order valence-corrected chi connectivity index (χ2v) is 4.45. The molecule has 0 spiro atoms. The minimum atomic E-state index is 0.130. The van der Waals surface area contributed by atoms with Gasteiger partial charge in [-0.1, -0.05) is 6.07 Å². The van der Waals surface area contributed by atoms with E-state index < -0.39 is 0 Å². The highest BCUT2D eigenvalue weighted by Gasteiger charge is 2.16. The quantitative estimate of drug-likeness (QED) is 0.868. The molecule has 0 saturated carbocycles. The summed E-state index contributed by atoms with van der Waals surface area (Å²) in [5.41, 5.74) is 0. The molecule has 1 atom stereocenters. The number of rotatable bonds is 5. The van der Waals surface area contributed by atoms with Crippen LogP contribution in [0.5, 0.6) is 0 Å². The van der Waals surface area contributed by atoms with Crippen LogP contribution in [0.1, 0.15) is 22.4 Å². The van der Waals surface area contributed by atoms with Gasteiger partial charge in [0.05, 0.1) is 0 Å². The smallest absolute Gasteiger partial charge is 0.129 e. The van der Waals surface area contributed by atoms with Gasteiger partial charge < -0.3 is 14.5 Å². The van der Waals surface area contributed by atoms with Gasteiger partial charge in [-0.2, -0.15) is 0 Å². The molecule has 0 fully saturated rings. The maximum Gasteiger partial charge on any atom is 0.129 e. The average molecular weight is 237 g/mol. The first-order valence-electron chi connectivity index (χ1n) is 5.13. The minimum Gasteiger partial charge on any atom is -0.462 e. The number of hydrogen-bond acceptors (Lipinski definition) is 4. The summed E-state index contributed by atoms with van der Waals surface area (Å²) in [7, 11) is 3.60. The molecule has 86 valence electrons. The first-order chi connectivity index (χ1) is 7.85. The molecule has 0 aliphatic heterocycles. The maximum absolute atomic E-state index is 5.72. The topological polar surface area (TPSA) is 34.4 Å². The van der Waals surface area contributed by atoms with Crippen LogP contribution in [0.15, 0.2) is 34.1 Å². The van der Waals surface area contributed by atoms with Crippen LogP contribution in [-0.2, 0) is 11.3 Å². The summed E-state index contributed by atoms with van der Waals surface area (Å²) in [5.74, 6) is 1.78. The lowest BCUT2D eigenvalue weighted by molar-refractivity contribution is 0.162. The van der Waals surface area contributed by atoms with E-state index in [1.807, 2.05) is 25.2 Å². The van der Waals surface area contributed by atoms with Gasteiger partial charge in [0.2, 0.25) is 0 Å². The molecule has 0 aliphatic carbocycles. The third-order valence-electron chi connectivity index (χ3n) is 2.37. The number of nitrogens with one attached hydrogen (secondary N) is 1. The lowest BCUT2D eigenvalue weighted by Crippen LogP contribution is -2.15. The van der Waals surface area contributed by atoms with Gasteiger partial charge in [0.1, 0.15) is 24.2 Å². The standard InChI is InChI=1S/C12H15NO2S/c1-13-12(11-4-3-7-16-11)10-6-5-9(15-10)8-14-2/h3-7,12-13H,8H2,1-2H3. The molecule has 0 aliphatic rings. The first-order valence-corrected chi connectivity index (χ1v) is 6.01. The fourth-order valence-electron chi connectivity index (χ4n) is 1.65. The molecule has 3 nitrogen and oxygen atoms in total. The van der Waals surface area contributed by atoms with Crippen molar-refractivity contribution in [3.63, 3.8) is 0 Å². The summed E-state index contributed by atoms with van der Waals surface area (Å²) in [4.78, 5) is 1.25. The molecule has 1 N–H and O–H groups in total. The molecule has 4 heteroatoms. The molecule has 0 amide bonds. The number of thiophene rings is 1. The van der Waals surface area contributed by atoms with Gasteiger partial charge >= 0.3 is 0 Å². The van der Waals surface area contributed by atoms with Gasteiger partial charge in [-0.15, -0.1) is 11.3 Å². The van der Waals surface area contributed by atoms with E-state index >= 15 is 0 Å². The van der Waals surface area contributed by atoms with Crippen LogP contribution in [0.3, 0.4) is 0 Å². The number of furan rings is 1. The largest absolute Gasteiger partial charge is 0.462 e. The first kappa shape index (κ1) is 11.4. The van der Waals surface area contributed by atoms with Crippen LogP contribution >= 0.6 is 11.3 Å². The predicted molar refractivity (Wildman–Crippen MR) is 64.6 cm³/mol. The Morgan fingerprint density at radius 3 is 2.94 bits per heavy atom. The molecule has 2 aromatic rings. The lowest BCUT2D eigenvalue weighted by Gasteiger charge is -2.11. The summed E-state index contributed by atoms with van der Waals surface area (Å²) >= 11 is 1.72. The van der Waals surface area contributed by atoms with Crippen molar-refractivity contribution in [2.45, 2.75) is 12.6 Å². The molecule has 1 unspecified atom stereocenters. The average Bonchev–Trinajstić information content (AvgIpc) is 2.92. The second kappa shape index (κ2) is 5.30. The molecule has 2 heterocycles. The zero-order valence-corrected chi connectivity index (χ0v) is 10.2. The lowest BCUT2D eigenvalue weighted by atomic mass is 10.2. The third-order valence-corrected chi connectivity index (χ3v) is 3.31.